The van der Waals surface area contributed by atoms with Crippen molar-refractivity contribution in [3.05, 3.63) is 84.9 Å². The Kier molecular flexibility index (Phi) is 7.34. The van der Waals surface area contributed by atoms with E-state index in [9.17, 15) is 41.2 Å². The van der Waals surface area contributed by atoms with Crippen molar-refractivity contribution in [1.82, 2.24) is 9.55 Å². The number of alkyl halides is 3. The van der Waals surface area contributed by atoms with Crippen LogP contribution in [0.4, 0.5) is 23.2 Å². The van der Waals surface area contributed by atoms with E-state index >= 15 is 4.39 Å². The van der Waals surface area contributed by atoms with Gasteiger partial charge >= 0.3 is 11.9 Å². The van der Waals surface area contributed by atoms with Gasteiger partial charge in [-0.2, -0.15) is 18.4 Å². The van der Waals surface area contributed by atoms with Gasteiger partial charge in [-0.25, -0.2) is 21.9 Å². The topological polar surface area (TPSA) is 133 Å². The van der Waals surface area contributed by atoms with Gasteiger partial charge in [0.2, 0.25) is 10.0 Å². The molecule has 3 aromatic rings. The Balaban J connectivity index is 2.45. The maximum Gasteiger partial charge on any atom is 0.432 e. The molecule has 0 spiro atoms. The molecule has 9 nitrogen and oxygen atoms in total. The first-order valence-corrected chi connectivity index (χ1v) is 12.1. The van der Waals surface area contributed by atoms with Gasteiger partial charge in [0.1, 0.15) is 17.6 Å². The number of hydrogen-bond donors (Lipinski definition) is 1. The molecule has 194 valence electrons. The van der Waals surface area contributed by atoms with Crippen LogP contribution in [0.15, 0.2) is 46.0 Å². The minimum absolute atomic E-state index is 0.0352. The van der Waals surface area contributed by atoms with E-state index in [1.165, 1.54) is 30.3 Å². The van der Waals surface area contributed by atoms with E-state index in [1.54, 1.807) is 4.98 Å². The Labute approximate surface area is 211 Å². The van der Waals surface area contributed by atoms with E-state index in [1.807, 2.05) is 0 Å². The van der Waals surface area contributed by atoms with E-state index in [-0.39, 0.29) is 19.5 Å². The molecular formula is C22H15ClF4N4O5S. The minimum Gasteiger partial charge on any atom is -0.292 e. The Morgan fingerprint density at radius 2 is 1.78 bits per heavy atom. The number of nitrogens with zero attached hydrogens (tertiary/aromatic N) is 3. The SMILES string of the molecule is CCS(=O)(=O)N(C(=O)c1ccc(Cl)cc1)c1cc(-c2c(C(F)(F)F)n(C)c(=O)[nH]c2=O)c(F)cc1C#N. The van der Waals surface area contributed by atoms with Gasteiger partial charge in [-0.05, 0) is 43.3 Å². The lowest BCUT2D eigenvalue weighted by atomic mass is 10.0. The summed E-state index contributed by atoms with van der Waals surface area (Å²) in [6.07, 6.45) is -5.33. The second-order valence-corrected chi connectivity index (χ2v) is 10.0. The monoisotopic (exact) mass is 558 g/mol. The Morgan fingerprint density at radius 1 is 1.19 bits per heavy atom. The van der Waals surface area contributed by atoms with Crippen molar-refractivity contribution in [2.45, 2.75) is 13.1 Å². The van der Waals surface area contributed by atoms with Crippen LogP contribution in [0.25, 0.3) is 11.1 Å². The number of anilines is 1. The van der Waals surface area contributed by atoms with Crippen molar-refractivity contribution >= 4 is 33.2 Å². The summed E-state index contributed by atoms with van der Waals surface area (Å²) < 4.78 is 82.7. The fraction of sp³-hybridized carbons (Fsp3) is 0.182. The molecule has 0 aliphatic rings. The number of benzene rings is 2. The summed E-state index contributed by atoms with van der Waals surface area (Å²) in [7, 11) is -3.88. The van der Waals surface area contributed by atoms with Crippen LogP contribution in [0.2, 0.25) is 5.02 Å². The van der Waals surface area contributed by atoms with Gasteiger partial charge in [0.25, 0.3) is 11.5 Å². The van der Waals surface area contributed by atoms with Crippen LogP contribution in [0.3, 0.4) is 0 Å². The number of H-pyrrole nitrogens is 1. The van der Waals surface area contributed by atoms with Crippen LogP contribution >= 0.6 is 11.6 Å². The smallest absolute Gasteiger partial charge is 0.292 e. The number of aromatic amines is 1. The van der Waals surface area contributed by atoms with Crippen molar-refractivity contribution in [1.29, 1.82) is 5.26 Å². The maximum absolute atomic E-state index is 15.1. The minimum atomic E-state index is -5.33. The molecule has 0 atom stereocenters. The van der Waals surface area contributed by atoms with Crippen molar-refractivity contribution in [2.24, 2.45) is 7.05 Å². The first kappa shape index (κ1) is 27.6. The van der Waals surface area contributed by atoms with Crippen LogP contribution in [-0.2, 0) is 23.2 Å². The highest BCUT2D eigenvalue weighted by Gasteiger charge is 2.40. The number of nitrogens with one attached hydrogen (secondary N) is 1. The highest BCUT2D eigenvalue weighted by molar-refractivity contribution is 7.93. The molecule has 0 saturated carbocycles. The van der Waals surface area contributed by atoms with Crippen LogP contribution in [0.1, 0.15) is 28.5 Å². The van der Waals surface area contributed by atoms with Crippen LogP contribution in [-0.4, -0.2) is 29.6 Å². The van der Waals surface area contributed by atoms with Crippen LogP contribution < -0.4 is 15.6 Å². The molecule has 0 aliphatic carbocycles. The zero-order valence-corrected chi connectivity index (χ0v) is 20.4. The quantitative estimate of drug-likeness (QED) is 0.477. The summed E-state index contributed by atoms with van der Waals surface area (Å²) >= 11 is 5.80. The summed E-state index contributed by atoms with van der Waals surface area (Å²) in [5.74, 6) is -3.43. The zero-order valence-electron chi connectivity index (χ0n) is 18.9. The molecular weight excluding hydrogens is 544 g/mol. The Hall–Kier alpha value is -3.96. The fourth-order valence-corrected chi connectivity index (χ4v) is 4.63. The number of nitriles is 1. The number of aromatic nitrogens is 2. The molecule has 0 radical (unpaired) electrons. The standard InChI is InChI=1S/C22H15ClF4N4O5S/c1-3-37(35,36)31(20(33)11-4-6-13(23)7-5-11)16-9-14(15(24)8-12(16)10-28)17-18(22(25,26)27)30(2)21(34)29-19(17)32/h4-9H,3H2,1-2H3,(H,29,32,34). The molecule has 0 bridgehead atoms. The molecule has 0 fully saturated rings. The number of rotatable bonds is 5. The van der Waals surface area contributed by atoms with E-state index in [2.05, 4.69) is 0 Å². The molecule has 3 rings (SSSR count). The molecule has 15 heteroatoms. The predicted octanol–water partition coefficient (Wildman–Crippen LogP) is 3.42. The summed E-state index contributed by atoms with van der Waals surface area (Å²) in [6, 6.07) is 7.24. The van der Waals surface area contributed by atoms with Crippen molar-refractivity contribution < 1.29 is 30.8 Å². The van der Waals surface area contributed by atoms with Gasteiger partial charge in [-0.15, -0.1) is 0 Å². The summed E-state index contributed by atoms with van der Waals surface area (Å²) in [5.41, 5.74) is -9.11. The summed E-state index contributed by atoms with van der Waals surface area (Å²) in [5, 5.41) is 9.74. The molecule has 0 saturated heterocycles. The molecule has 37 heavy (non-hydrogen) atoms. The van der Waals surface area contributed by atoms with Crippen molar-refractivity contribution in [2.75, 3.05) is 10.1 Å². The van der Waals surface area contributed by atoms with Crippen molar-refractivity contribution in [3.8, 4) is 17.2 Å². The largest absolute Gasteiger partial charge is 0.432 e. The number of carbonyl (C=O) groups excluding carboxylic acids is 1. The lowest BCUT2D eigenvalue weighted by Gasteiger charge is -2.24. The summed E-state index contributed by atoms with van der Waals surface area (Å²) in [4.78, 5) is 39.2. The summed E-state index contributed by atoms with van der Waals surface area (Å²) in [6.45, 7) is 1.16. The third-order valence-electron chi connectivity index (χ3n) is 5.21. The maximum atomic E-state index is 15.1. The van der Waals surface area contributed by atoms with E-state index < -0.39 is 73.0 Å². The van der Waals surface area contributed by atoms with E-state index in [4.69, 9.17) is 11.6 Å². The number of sulfonamides is 1. The average Bonchev–Trinajstić information content (AvgIpc) is 2.81. The normalized spacial score (nSPS) is 11.7. The fourth-order valence-electron chi connectivity index (χ4n) is 3.44. The lowest BCUT2D eigenvalue weighted by Crippen LogP contribution is -2.39. The molecule has 1 amide bonds. The van der Waals surface area contributed by atoms with Crippen LogP contribution in [0, 0.1) is 17.1 Å². The molecule has 2 aromatic carbocycles. The third-order valence-corrected chi connectivity index (χ3v) is 7.11. The van der Waals surface area contributed by atoms with Gasteiger partial charge in [-0.3, -0.25) is 19.1 Å². The number of carbonyl (C=O) groups is 1. The Bertz CT molecular complexity index is 1670. The highest BCUT2D eigenvalue weighted by Crippen LogP contribution is 2.38. The zero-order chi connectivity index (χ0) is 27.9. The Morgan fingerprint density at radius 3 is 2.30 bits per heavy atom. The third kappa shape index (κ3) is 5.13. The van der Waals surface area contributed by atoms with E-state index in [0.717, 1.165) is 6.92 Å². The molecule has 1 aromatic heterocycles. The van der Waals surface area contributed by atoms with Gasteiger partial charge in [0.05, 0.1) is 22.6 Å². The molecule has 1 heterocycles. The van der Waals surface area contributed by atoms with Gasteiger partial charge in [0, 0.05) is 23.2 Å². The van der Waals surface area contributed by atoms with Gasteiger partial charge < -0.3 is 0 Å². The second kappa shape index (κ2) is 9.83. The number of hydrogen-bond acceptors (Lipinski definition) is 6. The van der Waals surface area contributed by atoms with Crippen molar-refractivity contribution in [3.63, 3.8) is 0 Å². The molecule has 0 unspecified atom stereocenters. The average molecular weight is 559 g/mol. The van der Waals surface area contributed by atoms with Gasteiger partial charge in [-0.1, -0.05) is 11.6 Å². The molecule has 1 N–H and O–H groups in total. The number of halogens is 5. The van der Waals surface area contributed by atoms with E-state index in [0.29, 0.717) is 19.2 Å². The van der Waals surface area contributed by atoms with Gasteiger partial charge in [0.15, 0.2) is 0 Å². The first-order chi connectivity index (χ1) is 17.1. The highest BCUT2D eigenvalue weighted by atomic mass is 35.5. The van der Waals surface area contributed by atoms with Crippen LogP contribution in [0.5, 0.6) is 0 Å². The first-order valence-electron chi connectivity index (χ1n) is 10.1. The second-order valence-electron chi connectivity index (χ2n) is 7.48. The molecule has 0 aliphatic heterocycles. The number of amides is 1. The lowest BCUT2D eigenvalue weighted by molar-refractivity contribution is -0.143. The predicted molar refractivity (Wildman–Crippen MR) is 125 cm³/mol.